The molecule has 0 saturated carbocycles. The normalized spacial score (nSPS) is 25.5. The number of ether oxygens (including phenoxy) is 5. The molecule has 2 aliphatic rings. The van der Waals surface area contributed by atoms with Gasteiger partial charge in [0, 0.05) is 7.05 Å². The number of fused-ring (bicyclic) bond motifs is 1. The molecule has 0 amide bonds. The highest BCUT2D eigenvalue weighted by atomic mass is 32.2. The molecule has 2 aromatic carbocycles. The number of aliphatic hydroxyl groups is 1. The zero-order chi connectivity index (χ0) is 27.8. The number of amidine groups is 1. The molecular weight excluding hydrogens is 516 g/mol. The van der Waals surface area contributed by atoms with E-state index in [9.17, 15) is 5.11 Å². The van der Waals surface area contributed by atoms with E-state index in [1.54, 1.807) is 33.4 Å². The predicted octanol–water partition coefficient (Wildman–Crippen LogP) is 4.47. The molecule has 39 heavy (non-hydrogen) atoms. The Morgan fingerprint density at radius 3 is 1.90 bits per heavy atom. The second-order valence-corrected chi connectivity index (χ2v) is 10.7. The molecule has 0 bridgehead atoms. The fraction of sp³-hybridized carbons (Fsp3) is 0.433. The van der Waals surface area contributed by atoms with Crippen molar-refractivity contribution in [2.24, 2.45) is 4.99 Å². The van der Waals surface area contributed by atoms with E-state index < -0.39 is 23.9 Å². The molecule has 8 nitrogen and oxygen atoms in total. The van der Waals surface area contributed by atoms with Crippen molar-refractivity contribution in [1.29, 1.82) is 0 Å². The Hall–Kier alpha value is -2.82. The Bertz CT molecular complexity index is 1110. The highest BCUT2D eigenvalue weighted by Gasteiger charge is 2.56. The average Bonchev–Trinajstić information content (AvgIpc) is 3.39. The standard InChI is InChI=1S/C30H38N2O6S/c1-6-16-30(33,17-7-2)27-26(37-19-21-10-14-23(35-5)15-11-21)25(24-28(38-27)39-29(31-3)32-24)36-18-20-8-12-22(34-4)13-9-20/h6-15,24-28,33H,1-2,16-19H2,3-5H3,(H,31,32)/t24-,25-,26-,27+,28-/m1/s1. The largest absolute Gasteiger partial charge is 0.497 e. The van der Waals surface area contributed by atoms with E-state index in [2.05, 4.69) is 23.5 Å². The van der Waals surface area contributed by atoms with Crippen LogP contribution in [0.2, 0.25) is 0 Å². The summed E-state index contributed by atoms with van der Waals surface area (Å²) >= 11 is 1.49. The summed E-state index contributed by atoms with van der Waals surface area (Å²) in [6.07, 6.45) is 2.24. The van der Waals surface area contributed by atoms with Crippen molar-refractivity contribution in [3.63, 3.8) is 0 Å². The van der Waals surface area contributed by atoms with Crippen LogP contribution in [0.25, 0.3) is 0 Å². The van der Waals surface area contributed by atoms with Crippen LogP contribution < -0.4 is 14.8 Å². The van der Waals surface area contributed by atoms with Crippen LogP contribution in [0.3, 0.4) is 0 Å². The van der Waals surface area contributed by atoms with Crippen LogP contribution >= 0.6 is 11.8 Å². The molecule has 0 aliphatic carbocycles. The lowest BCUT2D eigenvalue weighted by atomic mass is 9.81. The van der Waals surface area contributed by atoms with E-state index in [0.29, 0.717) is 26.1 Å². The number of methoxy groups -OCH3 is 2. The molecule has 0 aromatic heterocycles. The molecule has 2 aromatic rings. The van der Waals surface area contributed by atoms with Crippen molar-refractivity contribution in [3.05, 3.63) is 85.0 Å². The van der Waals surface area contributed by atoms with Crippen LogP contribution in [0, 0.1) is 0 Å². The van der Waals surface area contributed by atoms with Gasteiger partial charge in [0.25, 0.3) is 0 Å². The smallest absolute Gasteiger partial charge is 0.159 e. The molecule has 2 N–H and O–H groups in total. The minimum Gasteiger partial charge on any atom is -0.497 e. The Morgan fingerprint density at radius 1 is 0.923 bits per heavy atom. The number of aliphatic imine (C=N–C) groups is 1. The SMILES string of the molecule is C=CCC(O)(CC=C)[C@H]1O[C@@H]2SC(=NC)N[C@@H]2[C@@H](OCc2ccc(OC)cc2)[C@H]1OCc1ccc(OC)cc1. The molecule has 4 rings (SSSR count). The fourth-order valence-electron chi connectivity index (χ4n) is 4.95. The van der Waals surface area contributed by atoms with Gasteiger partial charge in [-0.2, -0.15) is 0 Å². The molecule has 0 unspecified atom stereocenters. The van der Waals surface area contributed by atoms with Gasteiger partial charge in [0.1, 0.15) is 40.8 Å². The maximum Gasteiger partial charge on any atom is 0.159 e. The molecule has 5 atom stereocenters. The van der Waals surface area contributed by atoms with E-state index in [1.165, 1.54) is 11.8 Å². The molecule has 2 saturated heterocycles. The van der Waals surface area contributed by atoms with Gasteiger partial charge in [-0.1, -0.05) is 48.2 Å². The van der Waals surface area contributed by atoms with E-state index >= 15 is 0 Å². The molecule has 0 radical (unpaired) electrons. The van der Waals surface area contributed by atoms with Crippen LogP contribution in [0.15, 0.2) is 78.8 Å². The highest BCUT2D eigenvalue weighted by molar-refractivity contribution is 8.14. The van der Waals surface area contributed by atoms with Crippen molar-refractivity contribution in [2.45, 2.75) is 61.4 Å². The zero-order valence-electron chi connectivity index (χ0n) is 22.7. The van der Waals surface area contributed by atoms with Crippen molar-refractivity contribution in [3.8, 4) is 11.5 Å². The molecular formula is C30H38N2O6S. The number of nitrogens with zero attached hydrogens (tertiary/aromatic N) is 1. The summed E-state index contributed by atoms with van der Waals surface area (Å²) in [5, 5.41) is 16.1. The second-order valence-electron chi connectivity index (χ2n) is 9.58. The van der Waals surface area contributed by atoms with Gasteiger partial charge in [0.15, 0.2) is 5.17 Å². The van der Waals surface area contributed by atoms with Crippen LogP contribution in [0.4, 0.5) is 0 Å². The average molecular weight is 555 g/mol. The number of hydrogen-bond acceptors (Lipinski definition) is 8. The highest BCUT2D eigenvalue weighted by Crippen LogP contribution is 2.42. The summed E-state index contributed by atoms with van der Waals surface area (Å²) in [6, 6.07) is 15.2. The lowest BCUT2D eigenvalue weighted by Crippen LogP contribution is -2.66. The number of nitrogens with one attached hydrogen (secondary N) is 1. The minimum atomic E-state index is -1.28. The number of thioether (sulfide) groups is 1. The van der Waals surface area contributed by atoms with Crippen LogP contribution in [0.1, 0.15) is 24.0 Å². The Morgan fingerprint density at radius 2 is 1.44 bits per heavy atom. The third kappa shape index (κ3) is 6.85. The lowest BCUT2D eigenvalue weighted by molar-refractivity contribution is -0.245. The Labute approximate surface area is 235 Å². The third-order valence-corrected chi connectivity index (χ3v) is 8.16. The first kappa shape index (κ1) is 29.2. The van der Waals surface area contributed by atoms with Gasteiger partial charge in [0.05, 0.1) is 33.5 Å². The van der Waals surface area contributed by atoms with Gasteiger partial charge in [-0.25, -0.2) is 0 Å². The summed E-state index contributed by atoms with van der Waals surface area (Å²) in [5.74, 6) is 1.55. The summed E-state index contributed by atoms with van der Waals surface area (Å²) in [4.78, 5) is 4.35. The van der Waals surface area contributed by atoms with Gasteiger partial charge in [-0.05, 0) is 48.2 Å². The quantitative estimate of drug-likeness (QED) is 0.351. The maximum absolute atomic E-state index is 11.9. The Kier molecular flexibility index (Phi) is 10.1. The Balaban J connectivity index is 1.66. The first-order chi connectivity index (χ1) is 18.9. The molecule has 9 heteroatoms. The van der Waals surface area contributed by atoms with E-state index in [0.717, 1.165) is 27.8 Å². The summed E-state index contributed by atoms with van der Waals surface area (Å²) in [6.45, 7) is 8.40. The minimum absolute atomic E-state index is 0.235. The number of benzene rings is 2. The first-order valence-electron chi connectivity index (χ1n) is 12.9. The first-order valence-corrected chi connectivity index (χ1v) is 13.8. The van der Waals surface area contributed by atoms with E-state index in [4.69, 9.17) is 23.7 Å². The maximum atomic E-state index is 11.9. The van der Waals surface area contributed by atoms with Gasteiger partial charge >= 0.3 is 0 Å². The number of hydrogen-bond donors (Lipinski definition) is 2. The summed E-state index contributed by atoms with van der Waals surface area (Å²) in [5.41, 5.74) is 0.349. The van der Waals surface area contributed by atoms with Gasteiger partial charge in [-0.15, -0.1) is 13.2 Å². The molecule has 210 valence electrons. The fourth-order valence-corrected chi connectivity index (χ4v) is 6.02. The molecule has 2 fully saturated rings. The summed E-state index contributed by atoms with van der Waals surface area (Å²) in [7, 11) is 5.01. The van der Waals surface area contributed by atoms with E-state index in [-0.39, 0.29) is 11.5 Å². The van der Waals surface area contributed by atoms with Crippen molar-refractivity contribution < 1.29 is 28.8 Å². The van der Waals surface area contributed by atoms with Crippen molar-refractivity contribution >= 4 is 16.9 Å². The van der Waals surface area contributed by atoms with Crippen molar-refractivity contribution in [2.75, 3.05) is 21.3 Å². The van der Waals surface area contributed by atoms with Crippen LogP contribution in [-0.2, 0) is 27.4 Å². The van der Waals surface area contributed by atoms with Crippen LogP contribution in [-0.4, -0.2) is 66.9 Å². The zero-order valence-corrected chi connectivity index (χ0v) is 23.6. The van der Waals surface area contributed by atoms with E-state index in [1.807, 2.05) is 48.5 Å². The second kappa shape index (κ2) is 13.5. The molecule has 2 heterocycles. The van der Waals surface area contributed by atoms with Crippen molar-refractivity contribution in [1.82, 2.24) is 5.32 Å². The lowest BCUT2D eigenvalue weighted by Gasteiger charge is -2.48. The third-order valence-electron chi connectivity index (χ3n) is 7.00. The monoisotopic (exact) mass is 554 g/mol. The predicted molar refractivity (Wildman–Crippen MR) is 154 cm³/mol. The molecule has 0 spiro atoms. The van der Waals surface area contributed by atoms with Gasteiger partial charge in [0.2, 0.25) is 0 Å². The number of rotatable bonds is 13. The van der Waals surface area contributed by atoms with Gasteiger partial charge in [-0.3, -0.25) is 4.99 Å². The van der Waals surface area contributed by atoms with Crippen LogP contribution in [0.5, 0.6) is 11.5 Å². The molecule has 2 aliphatic heterocycles. The topological polar surface area (TPSA) is 90.8 Å². The van der Waals surface area contributed by atoms with Gasteiger partial charge < -0.3 is 34.1 Å². The summed E-state index contributed by atoms with van der Waals surface area (Å²) < 4.78 is 30.4.